The number of rotatable bonds is 4. The fraction of sp³-hybridized carbons (Fsp3) is 0.533. The van der Waals surface area contributed by atoms with Crippen molar-refractivity contribution in [2.75, 3.05) is 25.5 Å². The number of esters is 1. The lowest BCUT2D eigenvalue weighted by Gasteiger charge is -2.15. The molecular formula is C15H22N2O2. The SMILES string of the molecule is CCOC(=O)c1cccc(NC2CC(C)N(C)C2)c1. The number of carbonyl (C=O) groups is 1. The van der Waals surface area contributed by atoms with Gasteiger partial charge in [-0.25, -0.2) is 4.79 Å². The highest BCUT2D eigenvalue weighted by Gasteiger charge is 2.25. The average Bonchev–Trinajstić information content (AvgIpc) is 2.69. The topological polar surface area (TPSA) is 41.6 Å². The minimum absolute atomic E-state index is 0.261. The van der Waals surface area contributed by atoms with Crippen LogP contribution in [0.2, 0.25) is 0 Å². The van der Waals surface area contributed by atoms with Crippen LogP contribution < -0.4 is 5.32 Å². The van der Waals surface area contributed by atoms with Crippen molar-refractivity contribution in [3.8, 4) is 0 Å². The van der Waals surface area contributed by atoms with Crippen molar-refractivity contribution in [3.63, 3.8) is 0 Å². The van der Waals surface area contributed by atoms with E-state index in [0.717, 1.165) is 18.7 Å². The van der Waals surface area contributed by atoms with Gasteiger partial charge in [0.2, 0.25) is 0 Å². The molecule has 1 saturated heterocycles. The average molecular weight is 262 g/mol. The molecule has 2 unspecified atom stereocenters. The molecule has 104 valence electrons. The Labute approximate surface area is 114 Å². The fourth-order valence-electron chi connectivity index (χ4n) is 2.48. The summed E-state index contributed by atoms with van der Waals surface area (Å²) in [6, 6.07) is 8.57. The number of nitrogens with zero attached hydrogens (tertiary/aromatic N) is 1. The molecule has 1 aliphatic rings. The lowest BCUT2D eigenvalue weighted by molar-refractivity contribution is 0.0526. The molecule has 0 aromatic heterocycles. The fourth-order valence-corrected chi connectivity index (χ4v) is 2.48. The van der Waals surface area contributed by atoms with E-state index in [1.54, 1.807) is 6.07 Å². The van der Waals surface area contributed by atoms with Crippen molar-refractivity contribution in [1.82, 2.24) is 4.90 Å². The second-order valence-electron chi connectivity index (χ2n) is 5.17. The molecule has 1 N–H and O–H groups in total. The van der Waals surface area contributed by atoms with E-state index in [9.17, 15) is 4.79 Å². The number of nitrogens with one attached hydrogen (secondary N) is 1. The van der Waals surface area contributed by atoms with E-state index in [4.69, 9.17) is 4.74 Å². The molecule has 0 saturated carbocycles. The second-order valence-corrected chi connectivity index (χ2v) is 5.17. The Hall–Kier alpha value is -1.55. The van der Waals surface area contributed by atoms with Gasteiger partial charge in [0.15, 0.2) is 0 Å². The third-order valence-corrected chi connectivity index (χ3v) is 3.63. The minimum atomic E-state index is -0.261. The molecule has 1 aliphatic heterocycles. The Balaban J connectivity index is 2.01. The van der Waals surface area contributed by atoms with E-state index in [1.807, 2.05) is 25.1 Å². The summed E-state index contributed by atoms with van der Waals surface area (Å²) in [7, 11) is 2.14. The first kappa shape index (κ1) is 13.9. The summed E-state index contributed by atoms with van der Waals surface area (Å²) in [6.45, 7) is 5.48. The molecule has 1 fully saturated rings. The zero-order chi connectivity index (χ0) is 13.8. The molecule has 0 aliphatic carbocycles. The Kier molecular flexibility index (Phi) is 4.43. The van der Waals surface area contributed by atoms with E-state index < -0.39 is 0 Å². The Morgan fingerprint density at radius 1 is 1.53 bits per heavy atom. The molecule has 1 aromatic carbocycles. The smallest absolute Gasteiger partial charge is 0.338 e. The van der Waals surface area contributed by atoms with E-state index in [-0.39, 0.29) is 5.97 Å². The van der Waals surface area contributed by atoms with Crippen LogP contribution in [-0.4, -0.2) is 43.2 Å². The van der Waals surface area contributed by atoms with Crippen LogP contribution in [0.15, 0.2) is 24.3 Å². The van der Waals surface area contributed by atoms with Crippen LogP contribution in [0.1, 0.15) is 30.6 Å². The van der Waals surface area contributed by atoms with Crippen molar-refractivity contribution < 1.29 is 9.53 Å². The van der Waals surface area contributed by atoms with Gasteiger partial charge in [-0.1, -0.05) is 6.07 Å². The molecule has 4 heteroatoms. The van der Waals surface area contributed by atoms with Crippen molar-refractivity contribution in [1.29, 1.82) is 0 Å². The first-order chi connectivity index (χ1) is 9.10. The summed E-state index contributed by atoms with van der Waals surface area (Å²) in [5.41, 5.74) is 1.59. The molecule has 2 atom stereocenters. The van der Waals surface area contributed by atoms with Crippen LogP contribution in [0.25, 0.3) is 0 Å². The predicted octanol–water partition coefficient (Wildman–Crippen LogP) is 2.37. The number of likely N-dealkylation sites (N-methyl/N-ethyl adjacent to an activating group) is 1. The van der Waals surface area contributed by atoms with Crippen molar-refractivity contribution in [2.24, 2.45) is 0 Å². The van der Waals surface area contributed by atoms with E-state index >= 15 is 0 Å². The number of likely N-dealkylation sites (tertiary alicyclic amines) is 1. The number of hydrogen-bond donors (Lipinski definition) is 1. The van der Waals surface area contributed by atoms with Gasteiger partial charge in [0.25, 0.3) is 0 Å². The van der Waals surface area contributed by atoms with E-state index in [2.05, 4.69) is 24.2 Å². The van der Waals surface area contributed by atoms with Gasteiger partial charge in [0.1, 0.15) is 0 Å². The van der Waals surface area contributed by atoms with Gasteiger partial charge >= 0.3 is 5.97 Å². The standard InChI is InChI=1S/C15H22N2O2/c1-4-19-15(18)12-6-5-7-13(9-12)16-14-8-11(2)17(3)10-14/h5-7,9,11,14,16H,4,8,10H2,1-3H3. The van der Waals surface area contributed by atoms with Gasteiger partial charge in [-0.15, -0.1) is 0 Å². The second kappa shape index (κ2) is 6.06. The number of anilines is 1. The molecule has 0 radical (unpaired) electrons. The zero-order valence-electron chi connectivity index (χ0n) is 11.8. The number of carbonyl (C=O) groups excluding carboxylic acids is 1. The van der Waals surface area contributed by atoms with Crippen LogP contribution in [0.3, 0.4) is 0 Å². The lowest BCUT2D eigenvalue weighted by atomic mass is 10.1. The maximum atomic E-state index is 11.7. The molecule has 4 nitrogen and oxygen atoms in total. The Morgan fingerprint density at radius 3 is 2.95 bits per heavy atom. The monoisotopic (exact) mass is 262 g/mol. The van der Waals surface area contributed by atoms with Gasteiger partial charge in [-0.05, 0) is 45.5 Å². The maximum absolute atomic E-state index is 11.7. The summed E-state index contributed by atoms with van der Waals surface area (Å²) in [4.78, 5) is 14.0. The van der Waals surface area contributed by atoms with Crippen LogP contribution in [0, 0.1) is 0 Å². The van der Waals surface area contributed by atoms with Gasteiger partial charge in [0.05, 0.1) is 12.2 Å². The Bertz CT molecular complexity index is 438. The minimum Gasteiger partial charge on any atom is -0.462 e. The molecule has 0 amide bonds. The van der Waals surface area contributed by atoms with Gasteiger partial charge in [-0.2, -0.15) is 0 Å². The van der Waals surface area contributed by atoms with Crippen molar-refractivity contribution in [3.05, 3.63) is 29.8 Å². The molecule has 2 rings (SSSR count). The molecule has 0 spiro atoms. The van der Waals surface area contributed by atoms with Crippen LogP contribution in [-0.2, 0) is 4.74 Å². The molecule has 19 heavy (non-hydrogen) atoms. The first-order valence-electron chi connectivity index (χ1n) is 6.84. The lowest BCUT2D eigenvalue weighted by Crippen LogP contribution is -2.24. The molecule has 1 heterocycles. The highest BCUT2D eigenvalue weighted by Crippen LogP contribution is 2.20. The third kappa shape index (κ3) is 3.47. The molecule has 1 aromatic rings. The molecular weight excluding hydrogens is 240 g/mol. The highest BCUT2D eigenvalue weighted by atomic mass is 16.5. The third-order valence-electron chi connectivity index (χ3n) is 3.63. The largest absolute Gasteiger partial charge is 0.462 e. The zero-order valence-corrected chi connectivity index (χ0v) is 11.8. The van der Waals surface area contributed by atoms with Crippen molar-refractivity contribution in [2.45, 2.75) is 32.4 Å². The summed E-state index contributed by atoms with van der Waals surface area (Å²) < 4.78 is 5.01. The van der Waals surface area contributed by atoms with Gasteiger partial charge in [-0.3, -0.25) is 0 Å². The van der Waals surface area contributed by atoms with E-state index in [1.165, 1.54) is 0 Å². The number of ether oxygens (including phenoxy) is 1. The van der Waals surface area contributed by atoms with E-state index in [0.29, 0.717) is 24.3 Å². The highest BCUT2D eigenvalue weighted by molar-refractivity contribution is 5.90. The predicted molar refractivity (Wildman–Crippen MR) is 76.5 cm³/mol. The summed E-state index contributed by atoms with van der Waals surface area (Å²) in [6.07, 6.45) is 1.13. The number of benzene rings is 1. The summed E-state index contributed by atoms with van der Waals surface area (Å²) in [5.74, 6) is -0.261. The van der Waals surface area contributed by atoms with Gasteiger partial charge < -0.3 is 15.0 Å². The summed E-state index contributed by atoms with van der Waals surface area (Å²) in [5, 5.41) is 3.49. The molecule has 0 bridgehead atoms. The van der Waals surface area contributed by atoms with Crippen LogP contribution in [0.5, 0.6) is 0 Å². The van der Waals surface area contributed by atoms with Crippen LogP contribution in [0.4, 0.5) is 5.69 Å². The summed E-state index contributed by atoms with van der Waals surface area (Å²) >= 11 is 0. The maximum Gasteiger partial charge on any atom is 0.338 e. The normalized spacial score (nSPS) is 23.3. The Morgan fingerprint density at radius 2 is 2.32 bits per heavy atom. The van der Waals surface area contributed by atoms with Crippen molar-refractivity contribution >= 4 is 11.7 Å². The quantitative estimate of drug-likeness (QED) is 0.846. The van der Waals surface area contributed by atoms with Crippen LogP contribution >= 0.6 is 0 Å². The first-order valence-corrected chi connectivity index (χ1v) is 6.84. The van der Waals surface area contributed by atoms with Gasteiger partial charge in [0, 0.05) is 24.3 Å². The number of hydrogen-bond acceptors (Lipinski definition) is 4.